The zero-order valence-electron chi connectivity index (χ0n) is 12.5. The molecule has 2 aliphatic rings. The summed E-state index contributed by atoms with van der Waals surface area (Å²) in [7, 11) is 0. The maximum Gasteiger partial charge on any atom is 0.317 e. The van der Waals surface area contributed by atoms with E-state index in [1.54, 1.807) is 4.90 Å². The van der Waals surface area contributed by atoms with Crippen molar-refractivity contribution in [2.45, 2.75) is 64.5 Å². The van der Waals surface area contributed by atoms with E-state index in [9.17, 15) is 9.59 Å². The van der Waals surface area contributed by atoms with Gasteiger partial charge in [-0.05, 0) is 43.9 Å². The van der Waals surface area contributed by atoms with Gasteiger partial charge in [-0.1, -0.05) is 13.8 Å². The molecule has 1 aliphatic heterocycles. The number of carbonyl (C=O) groups is 2. The van der Waals surface area contributed by atoms with Crippen molar-refractivity contribution in [1.82, 2.24) is 10.2 Å². The Hall–Kier alpha value is -1.26. The molecular formula is C15H26N2O3. The molecule has 4 unspecified atom stereocenters. The number of carboxylic acid groups (broad SMARTS) is 1. The monoisotopic (exact) mass is 282 g/mol. The fraction of sp³-hybridized carbons (Fsp3) is 0.867. The van der Waals surface area contributed by atoms with E-state index in [-0.39, 0.29) is 24.5 Å². The zero-order chi connectivity index (χ0) is 14.7. The normalized spacial score (nSPS) is 34.0. The van der Waals surface area contributed by atoms with Gasteiger partial charge in [-0.3, -0.25) is 4.79 Å². The largest absolute Gasteiger partial charge is 0.481 e. The molecule has 2 N–H and O–H groups in total. The first-order valence-electron chi connectivity index (χ1n) is 7.76. The zero-order valence-corrected chi connectivity index (χ0v) is 12.5. The number of amides is 2. The van der Waals surface area contributed by atoms with Crippen molar-refractivity contribution < 1.29 is 14.7 Å². The minimum Gasteiger partial charge on any atom is -0.481 e. The number of carbonyl (C=O) groups excluding carboxylic acids is 1. The Morgan fingerprint density at radius 3 is 2.65 bits per heavy atom. The molecule has 0 aromatic rings. The van der Waals surface area contributed by atoms with Crippen LogP contribution in [-0.4, -0.2) is 40.6 Å². The number of hydrogen-bond donors (Lipinski definition) is 2. The van der Waals surface area contributed by atoms with Gasteiger partial charge in [0.05, 0.1) is 6.42 Å². The molecule has 0 aromatic carbocycles. The average Bonchev–Trinajstić information content (AvgIpc) is 2.80. The number of nitrogens with one attached hydrogen (secondary N) is 1. The molecule has 2 amide bonds. The lowest BCUT2D eigenvalue weighted by Gasteiger charge is -2.35. The van der Waals surface area contributed by atoms with Crippen LogP contribution in [0.3, 0.4) is 0 Å². The van der Waals surface area contributed by atoms with Gasteiger partial charge >= 0.3 is 12.0 Å². The second-order valence-corrected chi connectivity index (χ2v) is 6.54. The quantitative estimate of drug-likeness (QED) is 0.835. The standard InChI is InChI=1S/C15H26N2O3/c1-10-5-6-13(11(2)8-10)16-15(20)17-7-3-4-12(17)9-14(18)19/h10-13H,3-9H2,1-2H3,(H,16,20)(H,18,19). The van der Waals surface area contributed by atoms with Gasteiger partial charge in [-0.15, -0.1) is 0 Å². The van der Waals surface area contributed by atoms with Crippen LogP contribution in [0.1, 0.15) is 52.4 Å². The van der Waals surface area contributed by atoms with Crippen molar-refractivity contribution in [1.29, 1.82) is 0 Å². The van der Waals surface area contributed by atoms with Gasteiger partial charge in [-0.2, -0.15) is 0 Å². The van der Waals surface area contributed by atoms with Crippen LogP contribution in [0.4, 0.5) is 4.79 Å². The summed E-state index contributed by atoms with van der Waals surface area (Å²) in [6.07, 6.45) is 5.12. The molecule has 5 nitrogen and oxygen atoms in total. The molecule has 4 atom stereocenters. The van der Waals surface area contributed by atoms with Gasteiger partial charge in [0.25, 0.3) is 0 Å². The molecule has 20 heavy (non-hydrogen) atoms. The molecule has 0 radical (unpaired) electrons. The van der Waals surface area contributed by atoms with E-state index in [2.05, 4.69) is 19.2 Å². The van der Waals surface area contributed by atoms with E-state index < -0.39 is 5.97 Å². The molecule has 1 saturated carbocycles. The van der Waals surface area contributed by atoms with E-state index >= 15 is 0 Å². The Bertz CT molecular complexity index is 372. The fourth-order valence-electron chi connectivity index (χ4n) is 3.64. The van der Waals surface area contributed by atoms with Crippen LogP contribution >= 0.6 is 0 Å². The molecule has 2 fully saturated rings. The molecule has 0 aromatic heterocycles. The predicted molar refractivity (Wildman–Crippen MR) is 76.5 cm³/mol. The number of likely N-dealkylation sites (tertiary alicyclic amines) is 1. The molecule has 2 rings (SSSR count). The maximum absolute atomic E-state index is 12.4. The SMILES string of the molecule is CC1CCC(NC(=O)N2CCCC2CC(=O)O)C(C)C1. The minimum atomic E-state index is -0.824. The first kappa shape index (κ1) is 15.1. The average molecular weight is 282 g/mol. The lowest BCUT2D eigenvalue weighted by molar-refractivity contribution is -0.137. The maximum atomic E-state index is 12.4. The van der Waals surface area contributed by atoms with E-state index in [0.717, 1.165) is 38.0 Å². The summed E-state index contributed by atoms with van der Waals surface area (Å²) in [4.78, 5) is 24.9. The van der Waals surface area contributed by atoms with Gasteiger partial charge in [-0.25, -0.2) is 4.79 Å². The lowest BCUT2D eigenvalue weighted by atomic mass is 9.80. The molecule has 1 saturated heterocycles. The summed E-state index contributed by atoms with van der Waals surface area (Å²) >= 11 is 0. The number of aliphatic carboxylic acids is 1. The molecule has 5 heteroatoms. The van der Waals surface area contributed by atoms with Gasteiger partial charge in [0, 0.05) is 18.6 Å². The topological polar surface area (TPSA) is 69.6 Å². The van der Waals surface area contributed by atoms with Crippen LogP contribution < -0.4 is 5.32 Å². The second kappa shape index (κ2) is 6.46. The highest BCUT2D eigenvalue weighted by atomic mass is 16.4. The molecule has 0 bridgehead atoms. The van der Waals surface area contributed by atoms with Crippen molar-refractivity contribution in [3.63, 3.8) is 0 Å². The summed E-state index contributed by atoms with van der Waals surface area (Å²) in [5.41, 5.74) is 0. The van der Waals surface area contributed by atoms with Crippen molar-refractivity contribution in [2.24, 2.45) is 11.8 Å². The Morgan fingerprint density at radius 2 is 2.00 bits per heavy atom. The van der Waals surface area contributed by atoms with Crippen molar-refractivity contribution in [2.75, 3.05) is 6.54 Å². The van der Waals surface area contributed by atoms with E-state index in [1.165, 1.54) is 0 Å². The molecule has 0 spiro atoms. The van der Waals surface area contributed by atoms with Crippen LogP contribution in [0.15, 0.2) is 0 Å². The van der Waals surface area contributed by atoms with Crippen LogP contribution in [0.25, 0.3) is 0 Å². The van der Waals surface area contributed by atoms with Crippen LogP contribution in [0, 0.1) is 11.8 Å². The highest BCUT2D eigenvalue weighted by Crippen LogP contribution is 2.29. The smallest absolute Gasteiger partial charge is 0.317 e. The Labute approximate surface area is 120 Å². The molecular weight excluding hydrogens is 256 g/mol. The fourth-order valence-corrected chi connectivity index (χ4v) is 3.64. The number of carboxylic acids is 1. The highest BCUT2D eigenvalue weighted by Gasteiger charge is 2.33. The van der Waals surface area contributed by atoms with Gasteiger partial charge in [0.2, 0.25) is 0 Å². The Morgan fingerprint density at radius 1 is 1.25 bits per heavy atom. The van der Waals surface area contributed by atoms with Crippen LogP contribution in [-0.2, 0) is 4.79 Å². The summed E-state index contributed by atoms with van der Waals surface area (Å²) in [5.74, 6) is 0.419. The second-order valence-electron chi connectivity index (χ2n) is 6.54. The summed E-state index contributed by atoms with van der Waals surface area (Å²) < 4.78 is 0. The molecule has 114 valence electrons. The van der Waals surface area contributed by atoms with E-state index in [0.29, 0.717) is 12.5 Å². The summed E-state index contributed by atoms with van der Waals surface area (Å²) in [6, 6.07) is 0.0373. The third kappa shape index (κ3) is 3.64. The van der Waals surface area contributed by atoms with Crippen molar-refractivity contribution in [3.05, 3.63) is 0 Å². The van der Waals surface area contributed by atoms with Crippen LogP contribution in [0.5, 0.6) is 0 Å². The van der Waals surface area contributed by atoms with Gasteiger partial charge in [0.15, 0.2) is 0 Å². The third-order valence-corrected chi connectivity index (χ3v) is 4.79. The van der Waals surface area contributed by atoms with Gasteiger partial charge < -0.3 is 15.3 Å². The van der Waals surface area contributed by atoms with Crippen LogP contribution in [0.2, 0.25) is 0 Å². The number of hydrogen-bond acceptors (Lipinski definition) is 2. The third-order valence-electron chi connectivity index (χ3n) is 4.79. The molecule has 1 heterocycles. The molecule has 1 aliphatic carbocycles. The Kier molecular flexibility index (Phi) is 4.89. The first-order valence-corrected chi connectivity index (χ1v) is 7.76. The summed E-state index contributed by atoms with van der Waals surface area (Å²) in [6.45, 7) is 5.14. The summed E-state index contributed by atoms with van der Waals surface area (Å²) in [5, 5.41) is 12.0. The predicted octanol–water partition coefficient (Wildman–Crippen LogP) is 2.46. The first-order chi connectivity index (χ1) is 9.47. The number of rotatable bonds is 3. The van der Waals surface area contributed by atoms with Crippen molar-refractivity contribution in [3.8, 4) is 0 Å². The van der Waals surface area contributed by atoms with E-state index in [4.69, 9.17) is 5.11 Å². The highest BCUT2D eigenvalue weighted by molar-refractivity contribution is 5.76. The Balaban J connectivity index is 1.89. The van der Waals surface area contributed by atoms with Gasteiger partial charge in [0.1, 0.15) is 0 Å². The lowest BCUT2D eigenvalue weighted by Crippen LogP contribution is -2.50. The minimum absolute atomic E-state index is 0.0602. The number of urea groups is 1. The van der Waals surface area contributed by atoms with Crippen molar-refractivity contribution >= 4 is 12.0 Å². The van der Waals surface area contributed by atoms with E-state index in [1.807, 2.05) is 0 Å². The number of nitrogens with zero attached hydrogens (tertiary/aromatic N) is 1.